The van der Waals surface area contributed by atoms with E-state index in [4.69, 9.17) is 13.9 Å². The number of morpholine rings is 1. The highest BCUT2D eigenvalue weighted by atomic mass is 16.5. The van der Waals surface area contributed by atoms with Gasteiger partial charge in [-0.1, -0.05) is 0 Å². The molecule has 0 spiro atoms. The van der Waals surface area contributed by atoms with Crippen LogP contribution in [0.4, 0.5) is 0 Å². The summed E-state index contributed by atoms with van der Waals surface area (Å²) in [6.07, 6.45) is 0.0224. The van der Waals surface area contributed by atoms with E-state index in [2.05, 4.69) is 5.32 Å². The maximum Gasteiger partial charge on any atom is 0.340 e. The first-order chi connectivity index (χ1) is 12.6. The minimum Gasteiger partial charge on any atom is -0.497 e. The molecule has 0 saturated carbocycles. The van der Waals surface area contributed by atoms with Crippen LogP contribution in [0.5, 0.6) is 5.75 Å². The molecular weight excluding hydrogens is 336 g/mol. The van der Waals surface area contributed by atoms with E-state index in [-0.39, 0.29) is 12.3 Å². The third kappa shape index (κ3) is 4.23. The van der Waals surface area contributed by atoms with Crippen LogP contribution < -0.4 is 20.6 Å². The van der Waals surface area contributed by atoms with E-state index in [0.29, 0.717) is 23.4 Å². The van der Waals surface area contributed by atoms with Crippen molar-refractivity contribution in [2.75, 3.05) is 46.5 Å². The molecule has 0 atom stereocenters. The van der Waals surface area contributed by atoms with Crippen LogP contribution >= 0.6 is 0 Å². The minimum atomic E-state index is -0.475. The van der Waals surface area contributed by atoms with Crippen LogP contribution in [-0.2, 0) is 16.0 Å². The number of methoxy groups -OCH3 is 1. The van der Waals surface area contributed by atoms with Gasteiger partial charge in [-0.2, -0.15) is 0 Å². The zero-order valence-electron chi connectivity index (χ0n) is 15.2. The van der Waals surface area contributed by atoms with Gasteiger partial charge >= 0.3 is 5.63 Å². The molecule has 1 aromatic heterocycles. The minimum absolute atomic E-state index is 0.0224. The van der Waals surface area contributed by atoms with Crippen molar-refractivity contribution in [1.29, 1.82) is 0 Å². The number of carbonyl (C=O) groups excluding carboxylic acids is 1. The molecule has 0 aliphatic carbocycles. The van der Waals surface area contributed by atoms with Gasteiger partial charge in [-0.25, -0.2) is 4.79 Å². The Kier molecular flexibility index (Phi) is 5.90. The number of amides is 1. The fourth-order valence-corrected chi connectivity index (χ4v) is 3.22. The number of hydrogen-bond donors (Lipinski definition) is 2. The molecule has 7 nitrogen and oxygen atoms in total. The second-order valence-electron chi connectivity index (χ2n) is 6.49. The Morgan fingerprint density at radius 2 is 2.08 bits per heavy atom. The van der Waals surface area contributed by atoms with Crippen molar-refractivity contribution >= 4 is 16.9 Å². The Bertz CT molecular complexity index is 840. The molecule has 3 rings (SSSR count). The van der Waals surface area contributed by atoms with Crippen molar-refractivity contribution in [2.24, 2.45) is 0 Å². The summed E-state index contributed by atoms with van der Waals surface area (Å²) in [5.74, 6) is 0.456. The van der Waals surface area contributed by atoms with Crippen molar-refractivity contribution in [2.45, 2.75) is 13.3 Å². The Hall–Kier alpha value is -2.38. The van der Waals surface area contributed by atoms with Gasteiger partial charge < -0.3 is 24.1 Å². The highest BCUT2D eigenvalue weighted by Crippen LogP contribution is 2.24. The van der Waals surface area contributed by atoms with E-state index in [1.54, 1.807) is 13.2 Å². The SMILES string of the molecule is COc1ccc2c(C)c(CC(=O)NCC[NH+]3CCOCC3)c(=O)oc2c1. The van der Waals surface area contributed by atoms with Gasteiger partial charge in [0.05, 0.1) is 45.4 Å². The molecule has 1 aliphatic heterocycles. The molecule has 1 aromatic carbocycles. The fourth-order valence-electron chi connectivity index (χ4n) is 3.22. The largest absolute Gasteiger partial charge is 0.497 e. The Morgan fingerprint density at radius 3 is 2.81 bits per heavy atom. The number of rotatable bonds is 6. The normalized spacial score (nSPS) is 15.2. The molecule has 2 heterocycles. The van der Waals surface area contributed by atoms with Crippen LogP contribution in [0.15, 0.2) is 27.4 Å². The van der Waals surface area contributed by atoms with Gasteiger partial charge in [0.15, 0.2) is 0 Å². The third-order valence-corrected chi connectivity index (χ3v) is 4.83. The van der Waals surface area contributed by atoms with Crippen LogP contribution in [0.1, 0.15) is 11.1 Å². The Labute approximate surface area is 151 Å². The standard InChI is InChI=1S/C19H24N2O5/c1-13-15-4-3-14(24-2)11-17(15)26-19(23)16(13)12-18(22)20-5-6-21-7-9-25-10-8-21/h3-4,11H,5-10,12H2,1-2H3,(H,20,22)/p+1. The lowest BCUT2D eigenvalue weighted by atomic mass is 10.0. The highest BCUT2D eigenvalue weighted by Gasteiger charge is 2.17. The number of aryl methyl sites for hydroxylation is 1. The van der Waals surface area contributed by atoms with Gasteiger partial charge in [0, 0.05) is 11.5 Å². The summed E-state index contributed by atoms with van der Waals surface area (Å²) in [6, 6.07) is 5.33. The summed E-state index contributed by atoms with van der Waals surface area (Å²) < 4.78 is 15.9. The zero-order chi connectivity index (χ0) is 18.5. The molecule has 1 aliphatic rings. The summed E-state index contributed by atoms with van der Waals surface area (Å²) in [5, 5.41) is 3.71. The first-order valence-corrected chi connectivity index (χ1v) is 8.87. The van der Waals surface area contributed by atoms with Gasteiger partial charge in [0.1, 0.15) is 24.4 Å². The lowest BCUT2D eigenvalue weighted by molar-refractivity contribution is -0.906. The van der Waals surface area contributed by atoms with Crippen molar-refractivity contribution in [3.63, 3.8) is 0 Å². The van der Waals surface area contributed by atoms with Crippen LogP contribution in [0, 0.1) is 6.92 Å². The maximum atomic E-state index is 12.3. The number of benzene rings is 1. The number of carbonyl (C=O) groups is 1. The molecule has 1 amide bonds. The van der Waals surface area contributed by atoms with Gasteiger partial charge in [-0.3, -0.25) is 4.79 Å². The third-order valence-electron chi connectivity index (χ3n) is 4.83. The number of quaternary nitrogens is 1. The zero-order valence-corrected chi connectivity index (χ0v) is 15.2. The molecule has 1 saturated heterocycles. The van der Waals surface area contributed by atoms with Crippen molar-refractivity contribution in [3.8, 4) is 5.75 Å². The lowest BCUT2D eigenvalue weighted by Crippen LogP contribution is -3.14. The molecule has 7 heteroatoms. The number of ether oxygens (including phenoxy) is 2. The van der Waals surface area contributed by atoms with Crippen LogP contribution in [0.3, 0.4) is 0 Å². The van der Waals surface area contributed by atoms with Crippen molar-refractivity contribution in [1.82, 2.24) is 5.32 Å². The molecule has 140 valence electrons. The second kappa shape index (κ2) is 8.33. The number of nitrogens with one attached hydrogen (secondary N) is 2. The predicted molar refractivity (Wildman–Crippen MR) is 96.9 cm³/mol. The molecule has 0 bridgehead atoms. The molecule has 2 N–H and O–H groups in total. The first kappa shape index (κ1) is 18.4. The van der Waals surface area contributed by atoms with E-state index in [1.807, 2.05) is 19.1 Å². The first-order valence-electron chi connectivity index (χ1n) is 8.87. The molecule has 0 unspecified atom stereocenters. The van der Waals surface area contributed by atoms with Crippen LogP contribution in [0.25, 0.3) is 11.0 Å². The van der Waals surface area contributed by atoms with Crippen molar-refractivity contribution in [3.05, 3.63) is 39.7 Å². The summed E-state index contributed by atoms with van der Waals surface area (Å²) in [7, 11) is 1.56. The van der Waals surface area contributed by atoms with E-state index in [0.717, 1.165) is 43.8 Å². The number of fused-ring (bicyclic) bond motifs is 1. The summed E-state index contributed by atoms with van der Waals surface area (Å²) in [6.45, 7) is 6.76. The van der Waals surface area contributed by atoms with E-state index in [1.165, 1.54) is 4.90 Å². The van der Waals surface area contributed by atoms with Crippen molar-refractivity contribution < 1.29 is 23.6 Å². The highest BCUT2D eigenvalue weighted by molar-refractivity contribution is 5.85. The van der Waals surface area contributed by atoms with E-state index < -0.39 is 5.63 Å². The van der Waals surface area contributed by atoms with Crippen LogP contribution in [-0.4, -0.2) is 52.4 Å². The average molecular weight is 361 g/mol. The van der Waals surface area contributed by atoms with E-state index >= 15 is 0 Å². The fraction of sp³-hybridized carbons (Fsp3) is 0.474. The summed E-state index contributed by atoms with van der Waals surface area (Å²) in [4.78, 5) is 26.0. The lowest BCUT2D eigenvalue weighted by Gasteiger charge is -2.23. The van der Waals surface area contributed by atoms with Gasteiger partial charge in [0.2, 0.25) is 5.91 Å². The average Bonchev–Trinajstić information content (AvgIpc) is 2.65. The molecule has 1 fully saturated rings. The maximum absolute atomic E-state index is 12.3. The van der Waals surface area contributed by atoms with Gasteiger partial charge in [-0.15, -0.1) is 0 Å². The van der Waals surface area contributed by atoms with Crippen LogP contribution in [0.2, 0.25) is 0 Å². The van der Waals surface area contributed by atoms with Gasteiger partial charge in [0.25, 0.3) is 0 Å². The monoisotopic (exact) mass is 361 g/mol. The molecule has 26 heavy (non-hydrogen) atoms. The second-order valence-corrected chi connectivity index (χ2v) is 6.49. The number of hydrogen-bond acceptors (Lipinski definition) is 5. The molecule has 0 radical (unpaired) electrons. The molecular formula is C19H25N2O5+. The van der Waals surface area contributed by atoms with E-state index in [9.17, 15) is 9.59 Å². The Balaban J connectivity index is 1.65. The summed E-state index contributed by atoms with van der Waals surface area (Å²) >= 11 is 0. The summed E-state index contributed by atoms with van der Waals surface area (Å²) in [5.41, 5.74) is 1.16. The topological polar surface area (TPSA) is 82.2 Å². The Morgan fingerprint density at radius 1 is 1.31 bits per heavy atom. The predicted octanol–water partition coefficient (Wildman–Crippen LogP) is -0.316. The smallest absolute Gasteiger partial charge is 0.340 e. The quantitative estimate of drug-likeness (QED) is 0.690. The molecule has 2 aromatic rings. The van der Waals surface area contributed by atoms with Gasteiger partial charge in [-0.05, 0) is 24.6 Å².